The molecule has 0 saturated carbocycles. The first kappa shape index (κ1) is 80.1. The number of ether oxygens (including phenoxy) is 1. The lowest BCUT2D eigenvalue weighted by atomic mass is 10.0. The van der Waals surface area contributed by atoms with E-state index in [1.54, 1.807) is 6.08 Å². The number of nitrogens with one attached hydrogen (secondary N) is 1. The van der Waals surface area contributed by atoms with Gasteiger partial charge in [0.1, 0.15) is 0 Å². The summed E-state index contributed by atoms with van der Waals surface area (Å²) in [5, 5.41) is 23.2. The summed E-state index contributed by atoms with van der Waals surface area (Å²) < 4.78 is 5.47. The molecule has 0 fully saturated rings. The van der Waals surface area contributed by atoms with Crippen molar-refractivity contribution in [2.75, 3.05) is 13.2 Å². The molecule has 82 heavy (non-hydrogen) atoms. The Kier molecular flexibility index (Phi) is 69.9. The average molecular weight is 1150 g/mol. The molecule has 2 unspecified atom stereocenters. The number of hydrogen-bond acceptors (Lipinski definition) is 5. The van der Waals surface area contributed by atoms with E-state index < -0.39 is 12.1 Å². The molecule has 6 nitrogen and oxygen atoms in total. The van der Waals surface area contributed by atoms with E-state index >= 15 is 0 Å². The minimum Gasteiger partial charge on any atom is -0.466 e. The topological polar surface area (TPSA) is 95.9 Å². The van der Waals surface area contributed by atoms with Crippen molar-refractivity contribution in [1.29, 1.82) is 0 Å². The van der Waals surface area contributed by atoms with Gasteiger partial charge in [0.05, 0.1) is 25.4 Å². The third kappa shape index (κ3) is 67.2. The Bertz CT molecular complexity index is 1330. The summed E-state index contributed by atoms with van der Waals surface area (Å²) in [5.74, 6) is -0.0515. The first-order valence-corrected chi connectivity index (χ1v) is 37.3. The second kappa shape index (κ2) is 71.6. The first-order valence-electron chi connectivity index (χ1n) is 37.3. The van der Waals surface area contributed by atoms with Crippen molar-refractivity contribution in [3.8, 4) is 0 Å². The van der Waals surface area contributed by atoms with E-state index in [4.69, 9.17) is 4.74 Å². The van der Waals surface area contributed by atoms with Crippen LogP contribution in [0.3, 0.4) is 0 Å². The Morgan fingerprint density at radius 3 is 0.902 bits per heavy atom. The van der Waals surface area contributed by atoms with Gasteiger partial charge in [0.2, 0.25) is 5.91 Å². The molecule has 0 aromatic rings. The van der Waals surface area contributed by atoms with E-state index in [2.05, 4.69) is 43.5 Å². The van der Waals surface area contributed by atoms with E-state index in [1.165, 1.54) is 340 Å². The number of carbonyl (C=O) groups is 2. The third-order valence-corrected chi connectivity index (χ3v) is 17.4. The minimum absolute atomic E-state index is 0.00918. The molecule has 0 heterocycles. The van der Waals surface area contributed by atoms with Crippen molar-refractivity contribution in [1.82, 2.24) is 5.32 Å². The number of hydrogen-bond donors (Lipinski definition) is 3. The largest absolute Gasteiger partial charge is 0.466 e. The molecule has 0 aromatic carbocycles. The van der Waals surface area contributed by atoms with E-state index in [0.29, 0.717) is 19.4 Å². The Hall–Kier alpha value is -1.92. The second-order valence-electron chi connectivity index (χ2n) is 25.6. The van der Waals surface area contributed by atoms with Gasteiger partial charge < -0.3 is 20.3 Å². The molecule has 0 spiro atoms. The molecule has 0 rings (SSSR count). The lowest BCUT2D eigenvalue weighted by Gasteiger charge is -2.20. The predicted octanol–water partition coefficient (Wildman–Crippen LogP) is 24.3. The standard InChI is InChI=1S/C76H145NO5/c1-3-5-7-9-11-13-15-16-17-18-36-39-42-45-49-52-56-60-64-68-74(79)73(72-78)77-75(80)69-65-61-57-53-50-46-43-40-37-34-32-30-28-26-24-22-20-19-21-23-25-27-29-31-33-35-38-41-44-47-51-55-59-63-67-71-82-76(81)70-66-62-58-54-48-14-12-10-8-6-4-2/h10,12,21,23,64,68,73-74,78-79H,3-9,11,13-20,22,24-63,65-67,69-72H2,1-2H3,(H,77,80)/b12-10-,23-21-,68-64+. The van der Waals surface area contributed by atoms with Gasteiger partial charge in [-0.05, 0) is 77.0 Å². The summed E-state index contributed by atoms with van der Waals surface area (Å²) in [5.41, 5.74) is 0. The van der Waals surface area contributed by atoms with Crippen molar-refractivity contribution in [3.05, 3.63) is 36.5 Å². The van der Waals surface area contributed by atoms with Crippen LogP contribution in [0, 0.1) is 0 Å². The number of carbonyl (C=O) groups excluding carboxylic acids is 2. The number of unbranched alkanes of at least 4 members (excludes halogenated alkanes) is 55. The van der Waals surface area contributed by atoms with E-state index in [1.807, 2.05) is 6.08 Å². The maximum absolute atomic E-state index is 12.5. The van der Waals surface area contributed by atoms with Gasteiger partial charge in [-0.25, -0.2) is 0 Å². The minimum atomic E-state index is -0.843. The van der Waals surface area contributed by atoms with E-state index in [0.717, 1.165) is 44.9 Å². The SMILES string of the molecule is CCCC/C=C\CCCCCCCC(=O)OCCCCCCCCCCCCCCCC/C=C\CCCCCCCCCCCCCCCCCCCC(=O)NC(CO)C(O)/C=C/CCCCCCCCCCCCCCCCCCC. The second-order valence-corrected chi connectivity index (χ2v) is 25.6. The number of amides is 1. The monoisotopic (exact) mass is 1150 g/mol. The van der Waals surface area contributed by atoms with Crippen LogP contribution >= 0.6 is 0 Å². The predicted molar refractivity (Wildman–Crippen MR) is 361 cm³/mol. The van der Waals surface area contributed by atoms with Gasteiger partial charge in [0, 0.05) is 12.8 Å². The van der Waals surface area contributed by atoms with Gasteiger partial charge in [-0.2, -0.15) is 0 Å². The fourth-order valence-corrected chi connectivity index (χ4v) is 11.7. The Balaban J connectivity index is 3.37. The van der Waals surface area contributed by atoms with Gasteiger partial charge in [0.25, 0.3) is 0 Å². The van der Waals surface area contributed by atoms with Crippen molar-refractivity contribution in [3.63, 3.8) is 0 Å². The molecule has 484 valence electrons. The molecule has 1 amide bonds. The van der Waals surface area contributed by atoms with Gasteiger partial charge in [-0.15, -0.1) is 0 Å². The van der Waals surface area contributed by atoms with E-state index in [9.17, 15) is 19.8 Å². The summed E-state index contributed by atoms with van der Waals surface area (Å²) in [6.07, 6.45) is 92.5. The molecule has 6 heteroatoms. The average Bonchev–Trinajstić information content (AvgIpc) is 3.48. The molecular weight excluding hydrogens is 1010 g/mol. The maximum atomic E-state index is 12.5. The van der Waals surface area contributed by atoms with Gasteiger partial charge >= 0.3 is 5.97 Å². The highest BCUT2D eigenvalue weighted by atomic mass is 16.5. The summed E-state index contributed by atoms with van der Waals surface area (Å²) in [6, 6.07) is -0.626. The zero-order valence-corrected chi connectivity index (χ0v) is 55.5. The van der Waals surface area contributed by atoms with Crippen LogP contribution in [0.15, 0.2) is 36.5 Å². The highest BCUT2D eigenvalue weighted by molar-refractivity contribution is 5.76. The van der Waals surface area contributed by atoms with E-state index in [-0.39, 0.29) is 18.5 Å². The summed E-state index contributed by atoms with van der Waals surface area (Å²) in [6.45, 7) is 4.90. The molecule has 0 aliphatic carbocycles. The Morgan fingerprint density at radius 1 is 0.329 bits per heavy atom. The molecule has 0 radical (unpaired) electrons. The molecule has 0 bridgehead atoms. The van der Waals surface area contributed by atoms with Gasteiger partial charge in [0.15, 0.2) is 0 Å². The summed E-state index contributed by atoms with van der Waals surface area (Å²) >= 11 is 0. The number of esters is 1. The number of aliphatic hydroxyl groups excluding tert-OH is 2. The van der Waals surface area contributed by atoms with Crippen LogP contribution in [0.4, 0.5) is 0 Å². The van der Waals surface area contributed by atoms with Crippen LogP contribution in [0.2, 0.25) is 0 Å². The molecule has 0 aromatic heterocycles. The van der Waals surface area contributed by atoms with Crippen molar-refractivity contribution in [2.24, 2.45) is 0 Å². The van der Waals surface area contributed by atoms with Crippen molar-refractivity contribution >= 4 is 11.9 Å². The molecule has 0 aliphatic rings. The fourth-order valence-electron chi connectivity index (χ4n) is 11.7. The lowest BCUT2D eigenvalue weighted by molar-refractivity contribution is -0.143. The van der Waals surface area contributed by atoms with Crippen LogP contribution in [-0.4, -0.2) is 47.4 Å². The van der Waals surface area contributed by atoms with Crippen LogP contribution in [0.25, 0.3) is 0 Å². The zero-order valence-electron chi connectivity index (χ0n) is 55.5. The van der Waals surface area contributed by atoms with Gasteiger partial charge in [-0.1, -0.05) is 359 Å². The Morgan fingerprint density at radius 2 is 0.585 bits per heavy atom. The maximum Gasteiger partial charge on any atom is 0.305 e. The fraction of sp³-hybridized carbons (Fsp3) is 0.895. The summed E-state index contributed by atoms with van der Waals surface area (Å²) in [7, 11) is 0. The van der Waals surface area contributed by atoms with Crippen molar-refractivity contribution < 1.29 is 24.5 Å². The smallest absolute Gasteiger partial charge is 0.305 e. The molecule has 0 saturated heterocycles. The zero-order chi connectivity index (χ0) is 59.2. The molecular formula is C76H145NO5. The van der Waals surface area contributed by atoms with Crippen LogP contribution < -0.4 is 5.32 Å². The molecule has 3 N–H and O–H groups in total. The third-order valence-electron chi connectivity index (χ3n) is 17.4. The number of aliphatic hydroxyl groups is 2. The quantitative estimate of drug-likeness (QED) is 0.0320. The van der Waals surface area contributed by atoms with Crippen molar-refractivity contribution in [2.45, 2.75) is 424 Å². The highest BCUT2D eigenvalue weighted by Gasteiger charge is 2.18. The lowest BCUT2D eigenvalue weighted by Crippen LogP contribution is -2.45. The summed E-state index contributed by atoms with van der Waals surface area (Å²) in [4.78, 5) is 24.5. The number of rotatable bonds is 70. The number of allylic oxidation sites excluding steroid dienone is 5. The molecule has 2 atom stereocenters. The highest BCUT2D eigenvalue weighted by Crippen LogP contribution is 2.19. The molecule has 0 aliphatic heterocycles. The normalized spacial score (nSPS) is 12.7. The Labute approximate surface area is 513 Å². The first-order chi connectivity index (χ1) is 40.5. The van der Waals surface area contributed by atoms with Crippen LogP contribution in [-0.2, 0) is 14.3 Å². The van der Waals surface area contributed by atoms with Crippen LogP contribution in [0.1, 0.15) is 412 Å². The van der Waals surface area contributed by atoms with Crippen LogP contribution in [0.5, 0.6) is 0 Å². The van der Waals surface area contributed by atoms with Gasteiger partial charge in [-0.3, -0.25) is 9.59 Å².